The number of para-hydroxylation sites is 1. The number of aryl methyl sites for hydroxylation is 1. The van der Waals surface area contributed by atoms with Gasteiger partial charge in [0.1, 0.15) is 17.1 Å². The summed E-state index contributed by atoms with van der Waals surface area (Å²) in [6, 6.07) is 13.9. The molecule has 0 aliphatic rings. The van der Waals surface area contributed by atoms with E-state index in [1.54, 1.807) is 13.0 Å². The van der Waals surface area contributed by atoms with E-state index in [-0.39, 0.29) is 0 Å². The molecule has 6 heteroatoms. The van der Waals surface area contributed by atoms with Crippen LogP contribution in [0, 0.1) is 6.92 Å². The van der Waals surface area contributed by atoms with Crippen LogP contribution in [0.5, 0.6) is 0 Å². The summed E-state index contributed by atoms with van der Waals surface area (Å²) in [6.07, 6.45) is 0. The maximum Gasteiger partial charge on any atom is 0.191 e. The molecule has 138 valence electrons. The average molecular weight is 354 g/mol. The number of rotatable bonds is 6. The van der Waals surface area contributed by atoms with Crippen LogP contribution in [0.25, 0.3) is 10.9 Å². The fourth-order valence-corrected chi connectivity index (χ4v) is 2.79. The predicted octanol–water partition coefficient (Wildman–Crippen LogP) is 3.03. The SMILES string of the molecule is CCNC(=NCc1cc2ccccc2[nH]1)NCC(C)(O)c1ccc(C)o1. The Bertz CT molecular complexity index is 859. The molecule has 0 saturated carbocycles. The number of hydrogen-bond donors (Lipinski definition) is 4. The Morgan fingerprint density at radius 3 is 2.73 bits per heavy atom. The van der Waals surface area contributed by atoms with Crippen molar-refractivity contribution in [1.82, 2.24) is 15.6 Å². The fourth-order valence-electron chi connectivity index (χ4n) is 2.79. The van der Waals surface area contributed by atoms with Crippen LogP contribution < -0.4 is 10.6 Å². The zero-order valence-electron chi connectivity index (χ0n) is 15.5. The molecular weight excluding hydrogens is 328 g/mol. The molecule has 2 aromatic heterocycles. The normalized spacial score (nSPS) is 14.4. The van der Waals surface area contributed by atoms with Crippen LogP contribution in [0.3, 0.4) is 0 Å². The van der Waals surface area contributed by atoms with Crippen molar-refractivity contribution in [2.24, 2.45) is 4.99 Å². The number of aromatic nitrogens is 1. The molecule has 4 N–H and O–H groups in total. The van der Waals surface area contributed by atoms with Crippen molar-refractivity contribution in [3.8, 4) is 0 Å². The molecule has 0 fully saturated rings. The lowest BCUT2D eigenvalue weighted by atomic mass is 10.0. The largest absolute Gasteiger partial charge is 0.463 e. The Balaban J connectivity index is 1.67. The molecule has 0 aliphatic carbocycles. The highest BCUT2D eigenvalue weighted by Crippen LogP contribution is 2.22. The standard InChI is InChI=1S/C20H26N4O2/c1-4-21-19(23-13-20(3,25)18-10-9-14(2)26-18)22-12-16-11-15-7-5-6-8-17(15)24-16/h5-11,24-25H,4,12-13H2,1-3H3,(H2,21,22,23). The number of aliphatic imine (C=N–C) groups is 1. The van der Waals surface area contributed by atoms with Crippen LogP contribution in [0.4, 0.5) is 0 Å². The number of nitrogens with zero attached hydrogens (tertiary/aromatic N) is 1. The summed E-state index contributed by atoms with van der Waals surface area (Å²) >= 11 is 0. The van der Waals surface area contributed by atoms with Gasteiger partial charge >= 0.3 is 0 Å². The van der Waals surface area contributed by atoms with Crippen LogP contribution >= 0.6 is 0 Å². The number of aliphatic hydroxyl groups is 1. The van der Waals surface area contributed by atoms with E-state index in [0.29, 0.717) is 24.8 Å². The maximum absolute atomic E-state index is 10.7. The van der Waals surface area contributed by atoms with Gasteiger partial charge in [0.15, 0.2) is 5.96 Å². The summed E-state index contributed by atoms with van der Waals surface area (Å²) < 4.78 is 5.55. The summed E-state index contributed by atoms with van der Waals surface area (Å²) in [6.45, 7) is 7.14. The van der Waals surface area contributed by atoms with Gasteiger partial charge in [-0.25, -0.2) is 4.99 Å². The second-order valence-electron chi connectivity index (χ2n) is 6.61. The Morgan fingerprint density at radius 2 is 2.04 bits per heavy atom. The van der Waals surface area contributed by atoms with Crippen LogP contribution in [0.2, 0.25) is 0 Å². The molecule has 3 rings (SSSR count). The molecule has 1 atom stereocenters. The molecule has 0 saturated heterocycles. The first-order chi connectivity index (χ1) is 12.5. The molecule has 0 amide bonds. The number of furan rings is 1. The van der Waals surface area contributed by atoms with Crippen molar-refractivity contribution in [2.75, 3.05) is 13.1 Å². The zero-order valence-corrected chi connectivity index (χ0v) is 15.5. The van der Waals surface area contributed by atoms with Gasteiger partial charge < -0.3 is 25.1 Å². The highest BCUT2D eigenvalue weighted by Gasteiger charge is 2.27. The molecule has 0 bridgehead atoms. The lowest BCUT2D eigenvalue weighted by Crippen LogP contribution is -2.44. The van der Waals surface area contributed by atoms with Gasteiger partial charge in [-0.05, 0) is 50.4 Å². The molecule has 1 unspecified atom stereocenters. The topological polar surface area (TPSA) is 85.6 Å². The van der Waals surface area contributed by atoms with E-state index in [1.807, 2.05) is 32.0 Å². The average Bonchev–Trinajstić information content (AvgIpc) is 3.23. The first-order valence-corrected chi connectivity index (χ1v) is 8.86. The van der Waals surface area contributed by atoms with E-state index >= 15 is 0 Å². The molecule has 0 radical (unpaired) electrons. The first-order valence-electron chi connectivity index (χ1n) is 8.86. The molecule has 0 aliphatic heterocycles. The molecule has 1 aromatic carbocycles. The second kappa shape index (κ2) is 7.66. The molecule has 0 spiro atoms. The third-order valence-electron chi connectivity index (χ3n) is 4.21. The van der Waals surface area contributed by atoms with E-state index in [9.17, 15) is 5.11 Å². The molecule has 2 heterocycles. The second-order valence-corrected chi connectivity index (χ2v) is 6.61. The summed E-state index contributed by atoms with van der Waals surface area (Å²) in [5.74, 6) is 1.96. The van der Waals surface area contributed by atoms with Gasteiger partial charge in [-0.15, -0.1) is 0 Å². The van der Waals surface area contributed by atoms with Gasteiger partial charge in [-0.1, -0.05) is 18.2 Å². The van der Waals surface area contributed by atoms with Gasteiger partial charge in [-0.3, -0.25) is 0 Å². The first kappa shape index (κ1) is 18.1. The number of hydrogen-bond acceptors (Lipinski definition) is 3. The van der Waals surface area contributed by atoms with E-state index in [2.05, 4.69) is 38.8 Å². The van der Waals surface area contributed by atoms with Crippen molar-refractivity contribution >= 4 is 16.9 Å². The number of nitrogens with one attached hydrogen (secondary N) is 3. The smallest absolute Gasteiger partial charge is 0.191 e. The molecular formula is C20H26N4O2. The Morgan fingerprint density at radius 1 is 1.23 bits per heavy atom. The van der Waals surface area contributed by atoms with E-state index in [0.717, 1.165) is 23.5 Å². The molecule has 6 nitrogen and oxygen atoms in total. The third-order valence-corrected chi connectivity index (χ3v) is 4.21. The number of aromatic amines is 1. The Labute approximate surface area is 153 Å². The van der Waals surface area contributed by atoms with E-state index in [4.69, 9.17) is 4.42 Å². The van der Waals surface area contributed by atoms with Gasteiger partial charge in [0.05, 0.1) is 13.1 Å². The Kier molecular flexibility index (Phi) is 5.32. The highest BCUT2D eigenvalue weighted by atomic mass is 16.4. The highest BCUT2D eigenvalue weighted by molar-refractivity contribution is 5.81. The number of H-pyrrole nitrogens is 1. The summed E-state index contributed by atoms with van der Waals surface area (Å²) in [5, 5.41) is 18.2. The van der Waals surface area contributed by atoms with Gasteiger partial charge in [0, 0.05) is 17.8 Å². The fraction of sp³-hybridized carbons (Fsp3) is 0.350. The summed E-state index contributed by atoms with van der Waals surface area (Å²) in [7, 11) is 0. The van der Waals surface area contributed by atoms with Crippen molar-refractivity contribution in [3.05, 3.63) is 59.7 Å². The minimum absolute atomic E-state index is 0.290. The lowest BCUT2D eigenvalue weighted by Gasteiger charge is -2.22. The summed E-state index contributed by atoms with van der Waals surface area (Å²) in [5.41, 5.74) is 1.02. The number of benzene rings is 1. The predicted molar refractivity (Wildman–Crippen MR) is 104 cm³/mol. The quantitative estimate of drug-likeness (QED) is 0.405. The Hall–Kier alpha value is -2.73. The van der Waals surface area contributed by atoms with Gasteiger partial charge in [-0.2, -0.15) is 0 Å². The molecule has 26 heavy (non-hydrogen) atoms. The van der Waals surface area contributed by atoms with Crippen LogP contribution in [0.15, 0.2) is 51.9 Å². The van der Waals surface area contributed by atoms with Crippen LogP contribution in [-0.2, 0) is 12.1 Å². The third kappa shape index (κ3) is 4.26. The van der Waals surface area contributed by atoms with E-state index in [1.165, 1.54) is 5.39 Å². The van der Waals surface area contributed by atoms with Crippen molar-refractivity contribution < 1.29 is 9.52 Å². The van der Waals surface area contributed by atoms with Crippen molar-refractivity contribution in [1.29, 1.82) is 0 Å². The van der Waals surface area contributed by atoms with Crippen LogP contribution in [-0.4, -0.2) is 29.1 Å². The van der Waals surface area contributed by atoms with Crippen molar-refractivity contribution in [3.63, 3.8) is 0 Å². The number of fused-ring (bicyclic) bond motifs is 1. The minimum Gasteiger partial charge on any atom is -0.463 e. The zero-order chi connectivity index (χ0) is 18.6. The maximum atomic E-state index is 10.7. The lowest BCUT2D eigenvalue weighted by molar-refractivity contribution is 0.0378. The monoisotopic (exact) mass is 354 g/mol. The minimum atomic E-state index is -1.12. The number of guanidine groups is 1. The van der Waals surface area contributed by atoms with Gasteiger partial charge in [0.2, 0.25) is 0 Å². The van der Waals surface area contributed by atoms with Gasteiger partial charge in [0.25, 0.3) is 0 Å². The van der Waals surface area contributed by atoms with Crippen LogP contribution in [0.1, 0.15) is 31.1 Å². The van der Waals surface area contributed by atoms with Crippen molar-refractivity contribution in [2.45, 2.75) is 32.9 Å². The van der Waals surface area contributed by atoms with E-state index < -0.39 is 5.60 Å². The molecule has 3 aromatic rings. The summed E-state index contributed by atoms with van der Waals surface area (Å²) in [4.78, 5) is 7.97.